The Hall–Kier alpha value is -3.85. The van der Waals surface area contributed by atoms with Crippen molar-refractivity contribution in [3.8, 4) is 17.1 Å². The normalized spacial score (nSPS) is 11.2. The van der Waals surface area contributed by atoms with Crippen molar-refractivity contribution in [3.05, 3.63) is 106 Å². The predicted molar refractivity (Wildman–Crippen MR) is 122 cm³/mol. The summed E-state index contributed by atoms with van der Waals surface area (Å²) < 4.78 is 30.2. The molecule has 0 aliphatic carbocycles. The lowest BCUT2D eigenvalue weighted by Crippen LogP contribution is -2.15. The van der Waals surface area contributed by atoms with Crippen molar-refractivity contribution in [1.29, 1.82) is 0 Å². The minimum atomic E-state index is -0.361. The van der Waals surface area contributed by atoms with E-state index in [4.69, 9.17) is 0 Å². The second-order valence-electron chi connectivity index (χ2n) is 7.43. The van der Waals surface area contributed by atoms with E-state index in [1.165, 1.54) is 46.5 Å². The summed E-state index contributed by atoms with van der Waals surface area (Å²) in [6, 6.07) is 17.1. The Bertz CT molecular complexity index is 1510. The summed E-state index contributed by atoms with van der Waals surface area (Å²) in [6.07, 6.45) is 1.75. The molecule has 6 nitrogen and oxygen atoms in total. The quantitative estimate of drug-likeness (QED) is 0.351. The number of aromatic nitrogens is 5. The van der Waals surface area contributed by atoms with E-state index in [0.717, 1.165) is 5.56 Å². The van der Waals surface area contributed by atoms with Crippen LogP contribution in [-0.2, 0) is 5.75 Å². The molecule has 0 aliphatic rings. The number of thioether (sulfide) groups is 1. The molecule has 0 bridgehead atoms. The molecule has 2 aromatic carbocycles. The van der Waals surface area contributed by atoms with E-state index in [1.807, 2.05) is 13.0 Å². The van der Waals surface area contributed by atoms with Crippen LogP contribution in [0.3, 0.4) is 0 Å². The van der Waals surface area contributed by atoms with Gasteiger partial charge in [-0.25, -0.2) is 13.8 Å². The Morgan fingerprint density at radius 2 is 1.61 bits per heavy atom. The Balaban J connectivity index is 1.52. The fourth-order valence-corrected chi connectivity index (χ4v) is 4.29. The first-order valence-electron chi connectivity index (χ1n) is 10.1. The number of halogens is 2. The van der Waals surface area contributed by atoms with E-state index in [2.05, 4.69) is 15.2 Å². The molecule has 5 aromatic rings. The Morgan fingerprint density at radius 1 is 0.909 bits per heavy atom. The molecule has 3 aromatic heterocycles. The molecule has 0 amide bonds. The number of aryl methyl sites for hydroxylation is 1. The third kappa shape index (κ3) is 4.27. The van der Waals surface area contributed by atoms with Crippen molar-refractivity contribution in [1.82, 2.24) is 24.1 Å². The van der Waals surface area contributed by atoms with Gasteiger partial charge < -0.3 is 0 Å². The lowest BCUT2D eigenvalue weighted by molar-refractivity contribution is 0.626. The molecule has 0 saturated carbocycles. The zero-order valence-corrected chi connectivity index (χ0v) is 18.3. The van der Waals surface area contributed by atoms with Crippen molar-refractivity contribution in [2.75, 3.05) is 0 Å². The summed E-state index contributed by atoms with van der Waals surface area (Å²) in [5, 5.41) is 9.13. The Kier molecular flexibility index (Phi) is 5.47. The standard InChI is InChI=1S/C24H17F2N5OS/c1-15-2-11-21-27-19(12-22(32)30(21)13-15)14-33-24-29-28-23(16-3-5-17(25)6-4-16)31(24)20-9-7-18(26)8-10-20/h2-13H,14H2,1H3. The van der Waals surface area contributed by atoms with Gasteiger partial charge in [0.05, 0.1) is 5.69 Å². The van der Waals surface area contributed by atoms with Crippen LogP contribution in [0.1, 0.15) is 11.3 Å². The molecule has 0 fully saturated rings. The number of pyridine rings is 1. The van der Waals surface area contributed by atoms with E-state index >= 15 is 0 Å². The molecule has 0 spiro atoms. The summed E-state index contributed by atoms with van der Waals surface area (Å²) in [5.41, 5.74) is 3.30. The number of nitrogens with zero attached hydrogens (tertiary/aromatic N) is 5. The van der Waals surface area contributed by atoms with E-state index in [9.17, 15) is 13.6 Å². The Morgan fingerprint density at radius 3 is 2.33 bits per heavy atom. The summed E-state index contributed by atoms with van der Waals surface area (Å²) in [7, 11) is 0. The minimum Gasteiger partial charge on any atom is -0.270 e. The van der Waals surface area contributed by atoms with Gasteiger partial charge in [-0.1, -0.05) is 17.8 Å². The number of hydrogen-bond acceptors (Lipinski definition) is 5. The summed E-state index contributed by atoms with van der Waals surface area (Å²) in [5.74, 6) is 0.152. The number of hydrogen-bond donors (Lipinski definition) is 0. The van der Waals surface area contributed by atoms with Crippen LogP contribution in [-0.4, -0.2) is 24.1 Å². The molecule has 164 valence electrons. The van der Waals surface area contributed by atoms with Gasteiger partial charge in [0.2, 0.25) is 0 Å². The van der Waals surface area contributed by atoms with Crippen LogP contribution in [0.25, 0.3) is 22.7 Å². The van der Waals surface area contributed by atoms with Crippen LogP contribution >= 0.6 is 11.8 Å². The smallest absolute Gasteiger partial charge is 0.258 e. The van der Waals surface area contributed by atoms with Crippen molar-refractivity contribution >= 4 is 17.4 Å². The maximum absolute atomic E-state index is 13.5. The average Bonchev–Trinajstić information content (AvgIpc) is 3.23. The molecular formula is C24H17F2N5OS. The average molecular weight is 461 g/mol. The van der Waals surface area contributed by atoms with E-state index < -0.39 is 0 Å². The molecule has 0 unspecified atom stereocenters. The van der Waals surface area contributed by atoms with Crippen LogP contribution in [0.15, 0.2) is 82.9 Å². The van der Waals surface area contributed by atoms with Crippen LogP contribution in [0.2, 0.25) is 0 Å². The monoisotopic (exact) mass is 461 g/mol. The van der Waals surface area contributed by atoms with Crippen LogP contribution in [0, 0.1) is 18.6 Å². The zero-order valence-electron chi connectivity index (χ0n) is 17.4. The molecule has 5 rings (SSSR count). The molecule has 3 heterocycles. The molecule has 0 saturated heterocycles. The van der Waals surface area contributed by atoms with Crippen LogP contribution < -0.4 is 5.56 Å². The second-order valence-corrected chi connectivity index (χ2v) is 8.38. The van der Waals surface area contributed by atoms with Gasteiger partial charge in [0, 0.05) is 29.3 Å². The lowest BCUT2D eigenvalue weighted by Gasteiger charge is -2.11. The molecule has 0 atom stereocenters. The molecule has 9 heteroatoms. The van der Waals surface area contributed by atoms with Crippen molar-refractivity contribution in [2.45, 2.75) is 17.8 Å². The first-order chi connectivity index (χ1) is 16.0. The van der Waals surface area contributed by atoms with E-state index in [-0.39, 0.29) is 17.2 Å². The van der Waals surface area contributed by atoms with Gasteiger partial charge >= 0.3 is 0 Å². The highest BCUT2D eigenvalue weighted by molar-refractivity contribution is 7.98. The Labute approximate surface area is 191 Å². The van der Waals surface area contributed by atoms with Crippen molar-refractivity contribution in [2.24, 2.45) is 0 Å². The highest BCUT2D eigenvalue weighted by atomic mass is 32.2. The minimum absolute atomic E-state index is 0.161. The summed E-state index contributed by atoms with van der Waals surface area (Å²) >= 11 is 1.35. The van der Waals surface area contributed by atoms with Gasteiger partial charge in [0.25, 0.3) is 5.56 Å². The highest BCUT2D eigenvalue weighted by Crippen LogP contribution is 2.29. The molecule has 0 aliphatic heterocycles. The van der Waals surface area contributed by atoms with Gasteiger partial charge in [0.1, 0.15) is 17.3 Å². The van der Waals surface area contributed by atoms with Gasteiger partial charge in [-0.2, -0.15) is 0 Å². The third-order valence-electron chi connectivity index (χ3n) is 5.03. The molecular weight excluding hydrogens is 444 g/mol. The number of rotatable bonds is 5. The number of fused-ring (bicyclic) bond motifs is 1. The van der Waals surface area contributed by atoms with Gasteiger partial charge in [-0.3, -0.25) is 13.8 Å². The predicted octanol–water partition coefficient (Wildman–Crippen LogP) is 4.82. The molecule has 0 N–H and O–H groups in total. The zero-order chi connectivity index (χ0) is 22.9. The maximum atomic E-state index is 13.5. The first kappa shape index (κ1) is 21.0. The van der Waals surface area contributed by atoms with Crippen molar-refractivity contribution in [3.63, 3.8) is 0 Å². The van der Waals surface area contributed by atoms with Crippen molar-refractivity contribution < 1.29 is 8.78 Å². The third-order valence-corrected chi connectivity index (χ3v) is 5.99. The van der Waals surface area contributed by atoms with Gasteiger partial charge in [-0.15, -0.1) is 10.2 Å². The number of benzene rings is 2. The van der Waals surface area contributed by atoms with E-state index in [1.54, 1.807) is 41.1 Å². The van der Waals surface area contributed by atoms with Crippen LogP contribution in [0.5, 0.6) is 0 Å². The summed E-state index contributed by atoms with van der Waals surface area (Å²) in [6.45, 7) is 1.91. The van der Waals surface area contributed by atoms with Crippen LogP contribution in [0.4, 0.5) is 8.78 Å². The highest BCUT2D eigenvalue weighted by Gasteiger charge is 2.17. The second kappa shape index (κ2) is 8.59. The maximum Gasteiger partial charge on any atom is 0.258 e. The SMILES string of the molecule is Cc1ccc2nc(CSc3nnc(-c4ccc(F)cc4)n3-c3ccc(F)cc3)cc(=O)n2c1. The lowest BCUT2D eigenvalue weighted by atomic mass is 10.2. The fourth-order valence-electron chi connectivity index (χ4n) is 3.44. The van der Waals surface area contributed by atoms with Gasteiger partial charge in [-0.05, 0) is 67.1 Å². The van der Waals surface area contributed by atoms with Gasteiger partial charge in [0.15, 0.2) is 11.0 Å². The first-order valence-corrected chi connectivity index (χ1v) is 11.1. The summed E-state index contributed by atoms with van der Waals surface area (Å²) in [4.78, 5) is 17.1. The molecule has 33 heavy (non-hydrogen) atoms. The fraction of sp³-hybridized carbons (Fsp3) is 0.0833. The molecule has 0 radical (unpaired) electrons. The topological polar surface area (TPSA) is 65.1 Å². The largest absolute Gasteiger partial charge is 0.270 e. The van der Waals surface area contributed by atoms with E-state index in [0.29, 0.717) is 39.3 Å².